The van der Waals surface area contributed by atoms with Gasteiger partial charge >= 0.3 is 12.2 Å². The maximum absolute atomic E-state index is 12.4. The Bertz CT molecular complexity index is 478. The summed E-state index contributed by atoms with van der Waals surface area (Å²) in [7, 11) is 0. The smallest absolute Gasteiger partial charge is 0.389 e. The molecule has 0 heterocycles. The molecule has 2 N–H and O–H groups in total. The lowest BCUT2D eigenvalue weighted by Crippen LogP contribution is -2.44. The number of rotatable bonds is 4. The summed E-state index contributed by atoms with van der Waals surface area (Å²) in [6, 6.07) is 3.72. The van der Waals surface area contributed by atoms with Gasteiger partial charge in [-0.2, -0.15) is 13.2 Å². The van der Waals surface area contributed by atoms with Crippen LogP contribution in [0.4, 0.5) is 23.7 Å². The Hall–Kier alpha value is -1.76. The molecule has 118 valence electrons. The van der Waals surface area contributed by atoms with Gasteiger partial charge in [-0.3, -0.25) is 0 Å². The molecule has 1 rings (SSSR count). The van der Waals surface area contributed by atoms with Crippen LogP contribution in [0, 0.1) is 0 Å². The van der Waals surface area contributed by atoms with Gasteiger partial charge in [0.15, 0.2) is 0 Å². The van der Waals surface area contributed by atoms with Crippen molar-refractivity contribution in [2.75, 3.05) is 18.4 Å². The van der Waals surface area contributed by atoms with Crippen LogP contribution in [0.2, 0.25) is 0 Å². The molecule has 0 bridgehead atoms. The molecule has 0 saturated carbocycles. The second kappa shape index (κ2) is 6.34. The fraction of sp³-hybridized carbons (Fsp3) is 0.500. The monoisotopic (exact) mass is 304 g/mol. The van der Waals surface area contributed by atoms with E-state index in [-0.39, 0.29) is 12.2 Å². The number of carbonyl (C=O) groups is 1. The molecule has 0 atom stereocenters. The Kier molecular flexibility index (Phi) is 5.22. The Labute approximate surface area is 121 Å². The van der Waals surface area contributed by atoms with Gasteiger partial charge in [0.05, 0.1) is 17.7 Å². The van der Waals surface area contributed by atoms with E-state index in [0.29, 0.717) is 6.54 Å². The van der Waals surface area contributed by atoms with E-state index in [4.69, 9.17) is 0 Å². The Balaban J connectivity index is 2.74. The first-order valence-corrected chi connectivity index (χ1v) is 6.48. The van der Waals surface area contributed by atoms with Gasteiger partial charge in [-0.05, 0) is 45.0 Å². The molecule has 1 aromatic carbocycles. The fourth-order valence-corrected chi connectivity index (χ4v) is 1.74. The Morgan fingerprint density at radius 3 is 2.14 bits per heavy atom. The average Bonchev–Trinajstić information content (AvgIpc) is 2.34. The molecular weight excluding hydrogens is 285 g/mol. The fourth-order valence-electron chi connectivity index (χ4n) is 1.74. The van der Waals surface area contributed by atoms with E-state index in [1.54, 1.807) is 20.8 Å². The van der Waals surface area contributed by atoms with Crippen LogP contribution in [0.25, 0.3) is 0 Å². The minimum atomic E-state index is -4.40. The number of nitrogens with zero attached hydrogens (tertiary/aromatic N) is 1. The Morgan fingerprint density at radius 1 is 1.24 bits per heavy atom. The summed E-state index contributed by atoms with van der Waals surface area (Å²) in [5.41, 5.74) is -1.56. The number of alkyl halides is 3. The molecule has 0 fully saturated rings. The maximum Gasteiger partial charge on any atom is 0.416 e. The zero-order valence-corrected chi connectivity index (χ0v) is 12.2. The molecule has 0 saturated heterocycles. The number of likely N-dealkylation sites (N-methyl/N-ethyl adjacent to an activating group) is 1. The highest BCUT2D eigenvalue weighted by Crippen LogP contribution is 2.29. The van der Waals surface area contributed by atoms with Gasteiger partial charge in [0.25, 0.3) is 0 Å². The average molecular weight is 304 g/mol. The number of halogens is 3. The Morgan fingerprint density at radius 2 is 1.76 bits per heavy atom. The molecule has 4 nitrogen and oxygen atoms in total. The van der Waals surface area contributed by atoms with Crippen LogP contribution in [0.5, 0.6) is 0 Å². The van der Waals surface area contributed by atoms with Crippen LogP contribution in [-0.4, -0.2) is 34.7 Å². The number of urea groups is 1. The molecule has 21 heavy (non-hydrogen) atoms. The van der Waals surface area contributed by atoms with Gasteiger partial charge in [-0.1, -0.05) is 0 Å². The number of anilines is 1. The zero-order valence-electron chi connectivity index (χ0n) is 12.2. The standard InChI is InChI=1S/C14H19F3N2O2/c1-4-19(9-13(2,3)21)12(20)18-11-7-5-10(6-8-11)14(15,16)17/h5-8,21H,4,9H2,1-3H3,(H,18,20). The van der Waals surface area contributed by atoms with Crippen molar-refractivity contribution in [3.63, 3.8) is 0 Å². The summed E-state index contributed by atoms with van der Waals surface area (Å²) in [6.45, 7) is 5.38. The van der Waals surface area contributed by atoms with Gasteiger partial charge in [-0.25, -0.2) is 4.79 Å². The largest absolute Gasteiger partial charge is 0.416 e. The van der Waals surface area contributed by atoms with Crippen LogP contribution in [0.1, 0.15) is 26.3 Å². The predicted molar refractivity (Wildman–Crippen MR) is 74.0 cm³/mol. The molecule has 0 aliphatic rings. The molecule has 0 aliphatic heterocycles. The van der Waals surface area contributed by atoms with E-state index in [1.807, 2.05) is 0 Å². The van der Waals surface area contributed by atoms with Crippen molar-refractivity contribution >= 4 is 11.7 Å². The number of aliphatic hydroxyl groups is 1. The summed E-state index contributed by atoms with van der Waals surface area (Å²) in [5.74, 6) is 0. The van der Waals surface area contributed by atoms with E-state index < -0.39 is 23.4 Å². The van der Waals surface area contributed by atoms with Crippen molar-refractivity contribution in [3.05, 3.63) is 29.8 Å². The predicted octanol–water partition coefficient (Wildman–Crippen LogP) is 3.33. The minimum absolute atomic E-state index is 0.121. The number of hydrogen-bond donors (Lipinski definition) is 2. The number of amides is 2. The van der Waals surface area contributed by atoms with E-state index in [1.165, 1.54) is 17.0 Å². The van der Waals surface area contributed by atoms with Crippen molar-refractivity contribution < 1.29 is 23.1 Å². The van der Waals surface area contributed by atoms with Crippen molar-refractivity contribution in [1.29, 1.82) is 0 Å². The highest BCUT2D eigenvalue weighted by Gasteiger charge is 2.30. The van der Waals surface area contributed by atoms with Gasteiger partial charge in [0.2, 0.25) is 0 Å². The zero-order chi connectivity index (χ0) is 16.3. The summed E-state index contributed by atoms with van der Waals surface area (Å²) in [5, 5.41) is 12.2. The van der Waals surface area contributed by atoms with Crippen LogP contribution >= 0.6 is 0 Å². The van der Waals surface area contributed by atoms with Crippen LogP contribution < -0.4 is 5.32 Å². The molecule has 0 spiro atoms. The first kappa shape index (κ1) is 17.3. The minimum Gasteiger partial charge on any atom is -0.389 e. The quantitative estimate of drug-likeness (QED) is 0.896. The molecule has 0 aliphatic carbocycles. The second-order valence-electron chi connectivity index (χ2n) is 5.33. The van der Waals surface area contributed by atoms with Crippen molar-refractivity contribution in [1.82, 2.24) is 4.90 Å². The molecule has 0 unspecified atom stereocenters. The molecule has 0 aromatic heterocycles. The maximum atomic E-state index is 12.4. The third-order valence-electron chi connectivity index (χ3n) is 2.71. The normalized spacial score (nSPS) is 12.1. The summed E-state index contributed by atoms with van der Waals surface area (Å²) >= 11 is 0. The van der Waals surface area contributed by atoms with Crippen LogP contribution in [-0.2, 0) is 6.18 Å². The van der Waals surface area contributed by atoms with Gasteiger partial charge in [0.1, 0.15) is 0 Å². The SMILES string of the molecule is CCN(CC(C)(C)O)C(=O)Nc1ccc(C(F)(F)F)cc1. The van der Waals surface area contributed by atoms with Crippen molar-refractivity contribution in [3.8, 4) is 0 Å². The molecule has 7 heteroatoms. The number of benzene rings is 1. The van der Waals surface area contributed by atoms with Crippen molar-refractivity contribution in [2.45, 2.75) is 32.5 Å². The lowest BCUT2D eigenvalue weighted by atomic mass is 10.1. The summed E-state index contributed by atoms with van der Waals surface area (Å²) < 4.78 is 37.3. The van der Waals surface area contributed by atoms with E-state index in [9.17, 15) is 23.1 Å². The number of hydrogen-bond acceptors (Lipinski definition) is 2. The van der Waals surface area contributed by atoms with E-state index >= 15 is 0 Å². The lowest BCUT2D eigenvalue weighted by Gasteiger charge is -2.28. The molecule has 1 aromatic rings. The second-order valence-corrected chi connectivity index (χ2v) is 5.33. The lowest BCUT2D eigenvalue weighted by molar-refractivity contribution is -0.137. The highest BCUT2D eigenvalue weighted by molar-refractivity contribution is 5.89. The molecule has 0 radical (unpaired) electrons. The molecule has 2 amide bonds. The topological polar surface area (TPSA) is 52.6 Å². The van der Waals surface area contributed by atoms with Crippen LogP contribution in [0.3, 0.4) is 0 Å². The first-order chi connectivity index (χ1) is 9.53. The highest BCUT2D eigenvalue weighted by atomic mass is 19.4. The van der Waals surface area contributed by atoms with Gasteiger partial charge < -0.3 is 15.3 Å². The first-order valence-electron chi connectivity index (χ1n) is 6.48. The van der Waals surface area contributed by atoms with E-state index in [0.717, 1.165) is 12.1 Å². The summed E-state index contributed by atoms with van der Waals surface area (Å²) in [4.78, 5) is 13.4. The van der Waals surface area contributed by atoms with E-state index in [2.05, 4.69) is 5.32 Å². The molecular formula is C14H19F3N2O2. The van der Waals surface area contributed by atoms with Gasteiger partial charge in [0, 0.05) is 12.2 Å². The number of carbonyl (C=O) groups excluding carboxylic acids is 1. The van der Waals surface area contributed by atoms with Crippen molar-refractivity contribution in [2.24, 2.45) is 0 Å². The third kappa shape index (κ3) is 5.63. The third-order valence-corrected chi connectivity index (χ3v) is 2.71. The number of nitrogens with one attached hydrogen (secondary N) is 1. The summed E-state index contributed by atoms with van der Waals surface area (Å²) in [6.07, 6.45) is -4.40. The van der Waals surface area contributed by atoms with Crippen LogP contribution in [0.15, 0.2) is 24.3 Å². The van der Waals surface area contributed by atoms with Gasteiger partial charge in [-0.15, -0.1) is 0 Å².